The zero-order valence-corrected chi connectivity index (χ0v) is 27.7. The van der Waals surface area contributed by atoms with Crippen LogP contribution in [0.15, 0.2) is 79.4 Å². The molecule has 6 rings (SSSR count). The lowest BCUT2D eigenvalue weighted by Crippen LogP contribution is -2.30. The fourth-order valence-electron chi connectivity index (χ4n) is 5.91. The van der Waals surface area contributed by atoms with Gasteiger partial charge in [0.15, 0.2) is 17.0 Å². The van der Waals surface area contributed by atoms with E-state index in [0.29, 0.717) is 49.0 Å². The van der Waals surface area contributed by atoms with Gasteiger partial charge in [-0.3, -0.25) is 9.48 Å². The van der Waals surface area contributed by atoms with Gasteiger partial charge in [0.2, 0.25) is 11.9 Å². The van der Waals surface area contributed by atoms with Crippen molar-refractivity contribution in [3.63, 3.8) is 0 Å². The number of benzene rings is 2. The fourth-order valence-corrected chi connectivity index (χ4v) is 5.91. The smallest absolute Gasteiger partial charge is 0.475 e. The maximum atomic E-state index is 11.4. The van der Waals surface area contributed by atoms with Gasteiger partial charge in [-0.05, 0) is 30.0 Å². The van der Waals surface area contributed by atoms with E-state index in [9.17, 15) is 28.2 Å². The Morgan fingerprint density at radius 3 is 2.10 bits per heavy atom. The van der Waals surface area contributed by atoms with Gasteiger partial charge in [-0.1, -0.05) is 60.7 Å². The monoisotopic (exact) mass is 709 g/mol. The molecule has 1 fully saturated rings. The molecule has 1 aliphatic rings. The predicted octanol–water partition coefficient (Wildman–Crippen LogP) is 3.66. The first-order valence-corrected chi connectivity index (χ1v) is 16.1. The highest BCUT2D eigenvalue weighted by Gasteiger charge is 2.44. The highest BCUT2D eigenvalue weighted by Crippen LogP contribution is 2.40. The van der Waals surface area contributed by atoms with Crippen LogP contribution in [-0.2, 0) is 9.59 Å². The minimum absolute atomic E-state index is 0.0470. The number of hydrogen-bond acceptors (Lipinski definition) is 10. The predicted molar refractivity (Wildman–Crippen MR) is 181 cm³/mol. The summed E-state index contributed by atoms with van der Waals surface area (Å²) in [5, 5.41) is 43.2. The van der Waals surface area contributed by atoms with Gasteiger partial charge in [0.1, 0.15) is 12.2 Å². The quantitative estimate of drug-likeness (QED) is 0.110. The largest absolute Gasteiger partial charge is 0.490 e. The van der Waals surface area contributed by atoms with Crippen LogP contribution in [0.25, 0.3) is 11.2 Å². The minimum Gasteiger partial charge on any atom is -0.475 e. The number of aliphatic carboxylic acids is 1. The zero-order chi connectivity index (χ0) is 36.7. The molecule has 0 aliphatic heterocycles. The van der Waals surface area contributed by atoms with E-state index < -0.39 is 36.4 Å². The second-order valence-electron chi connectivity index (χ2n) is 12.0. The van der Waals surface area contributed by atoms with Crippen LogP contribution in [-0.4, -0.2) is 94.5 Å². The maximum Gasteiger partial charge on any atom is 0.490 e. The first-order chi connectivity index (χ1) is 24.3. The number of amides is 1. The topological polar surface area (TPSA) is 192 Å². The van der Waals surface area contributed by atoms with Crippen molar-refractivity contribution in [2.75, 3.05) is 30.3 Å². The molecule has 4 atom stereocenters. The van der Waals surface area contributed by atoms with Crippen molar-refractivity contribution in [3.8, 4) is 0 Å². The van der Waals surface area contributed by atoms with Gasteiger partial charge < -0.3 is 35.8 Å². The van der Waals surface area contributed by atoms with Crippen LogP contribution in [0.4, 0.5) is 24.9 Å². The minimum atomic E-state index is -5.08. The van der Waals surface area contributed by atoms with E-state index in [2.05, 4.69) is 50.3 Å². The Morgan fingerprint density at radius 2 is 1.55 bits per heavy atom. The summed E-state index contributed by atoms with van der Waals surface area (Å²) in [7, 11) is 0. The first kappa shape index (κ1) is 36.7. The molecule has 17 heteroatoms. The van der Waals surface area contributed by atoms with Crippen LogP contribution in [0.2, 0.25) is 0 Å². The molecule has 1 amide bonds. The van der Waals surface area contributed by atoms with Gasteiger partial charge in [0.05, 0.1) is 24.6 Å². The Morgan fingerprint density at radius 1 is 0.941 bits per heavy atom. The number of nitrogens with zero attached hydrogens (tertiary/aromatic N) is 6. The van der Waals surface area contributed by atoms with E-state index in [1.54, 1.807) is 17.2 Å². The molecule has 3 aromatic heterocycles. The fraction of sp³-hybridized carbons (Fsp3) is 0.353. The molecule has 6 N–H and O–H groups in total. The van der Waals surface area contributed by atoms with Crippen LogP contribution in [0.3, 0.4) is 0 Å². The van der Waals surface area contributed by atoms with Gasteiger partial charge >= 0.3 is 12.1 Å². The van der Waals surface area contributed by atoms with Gasteiger partial charge in [-0.25, -0.2) is 9.78 Å². The number of carboxylic acid groups (broad SMARTS) is 1. The number of imidazole rings is 1. The highest BCUT2D eigenvalue weighted by atomic mass is 19.4. The third-order valence-electron chi connectivity index (χ3n) is 8.37. The van der Waals surface area contributed by atoms with Gasteiger partial charge in [-0.15, -0.1) is 0 Å². The van der Waals surface area contributed by atoms with E-state index in [1.165, 1.54) is 18.1 Å². The third-order valence-corrected chi connectivity index (χ3v) is 8.37. The molecule has 51 heavy (non-hydrogen) atoms. The lowest BCUT2D eigenvalue weighted by Gasteiger charge is -2.20. The molecule has 5 aromatic rings. The molecule has 3 heterocycles. The summed E-state index contributed by atoms with van der Waals surface area (Å²) in [6.45, 7) is 4.78. The van der Waals surface area contributed by atoms with Crippen LogP contribution in [0.1, 0.15) is 48.0 Å². The Hall–Kier alpha value is -5.55. The normalized spacial score (nSPS) is 18.7. The molecule has 1 aliphatic carbocycles. The van der Waals surface area contributed by atoms with Crippen LogP contribution < -0.4 is 16.0 Å². The number of nitrogens with one attached hydrogen (secondary N) is 3. The molecule has 0 saturated heterocycles. The van der Waals surface area contributed by atoms with Crippen LogP contribution in [0, 0.1) is 6.92 Å². The molecule has 0 unspecified atom stereocenters. The van der Waals surface area contributed by atoms with Crippen LogP contribution in [0.5, 0.6) is 0 Å². The molecule has 0 spiro atoms. The van der Waals surface area contributed by atoms with Crippen molar-refractivity contribution in [1.29, 1.82) is 0 Å². The molecule has 14 nitrogen and oxygen atoms in total. The van der Waals surface area contributed by atoms with Crippen molar-refractivity contribution in [2.45, 2.75) is 56.7 Å². The molecule has 2 aromatic carbocycles. The average Bonchev–Trinajstić information content (AvgIpc) is 3.81. The van der Waals surface area contributed by atoms with E-state index in [4.69, 9.17) is 19.9 Å². The number of halogens is 3. The molecule has 1 saturated carbocycles. The van der Waals surface area contributed by atoms with Crippen molar-refractivity contribution in [2.24, 2.45) is 0 Å². The lowest BCUT2D eigenvalue weighted by molar-refractivity contribution is -0.192. The summed E-state index contributed by atoms with van der Waals surface area (Å²) < 4.78 is 35.3. The number of aromatic nitrogens is 6. The summed E-state index contributed by atoms with van der Waals surface area (Å²) in [6.07, 6.45) is -1.45. The SMILES string of the molecule is CC(=O)NCCNc1nc(NCC(c2ccccc2)c2ccccc2)c2ncn([C@@H]3C[C@H](n4cc(C)cn4)[C@@H](O)[C@H]3O)c2n1.O=C(O)C(F)(F)F. The number of aliphatic hydroxyl groups excluding tert-OH is 2. The number of aryl methyl sites for hydroxylation is 1. The Kier molecular flexibility index (Phi) is 11.5. The van der Waals surface area contributed by atoms with E-state index in [-0.39, 0.29) is 11.8 Å². The number of hydrogen-bond donors (Lipinski definition) is 6. The molecular weight excluding hydrogens is 671 g/mol. The van der Waals surface area contributed by atoms with Crippen molar-refractivity contribution >= 4 is 34.8 Å². The van der Waals surface area contributed by atoms with Crippen LogP contribution >= 0.6 is 0 Å². The number of rotatable bonds is 11. The van der Waals surface area contributed by atoms with Gasteiger partial charge in [0, 0.05) is 38.7 Å². The number of carboxylic acids is 1. The Bertz CT molecular complexity index is 1880. The summed E-state index contributed by atoms with van der Waals surface area (Å²) in [5.74, 6) is -1.93. The first-order valence-electron chi connectivity index (χ1n) is 16.1. The number of aliphatic hydroxyl groups is 2. The maximum absolute atomic E-state index is 11.4. The number of alkyl halides is 3. The molecular formula is C34H38F3N9O5. The number of carbonyl (C=O) groups is 2. The third kappa shape index (κ3) is 8.98. The number of carbonyl (C=O) groups excluding carboxylic acids is 1. The standard InChI is InChI=1S/C32H37N9O3.C2HF3O2/c1-20-16-37-41(18-20)26-15-25(28(43)29(26)44)40-19-36-27-30(38-32(39-31(27)40)34-14-13-33-21(2)42)35-17-24(22-9-5-3-6-10-22)23-11-7-4-8-12-23;3-2(4,5)1(6)7/h3-12,16,18-19,24-26,28-29,43-44H,13-15,17H2,1-2H3,(H,33,42)(H2,34,35,38,39);(H,6,7)/t25-,26+,28+,29-;/m1./s1. The number of anilines is 2. The lowest BCUT2D eigenvalue weighted by atomic mass is 9.91. The number of fused-ring (bicyclic) bond motifs is 1. The second kappa shape index (κ2) is 16.0. The zero-order valence-electron chi connectivity index (χ0n) is 27.7. The molecule has 270 valence electrons. The Balaban J connectivity index is 0.000000654. The summed E-state index contributed by atoms with van der Waals surface area (Å²) in [5.41, 5.74) is 4.38. The van der Waals surface area contributed by atoms with E-state index in [1.807, 2.05) is 54.1 Å². The van der Waals surface area contributed by atoms with Crippen molar-refractivity contribution in [3.05, 3.63) is 96.1 Å². The molecule has 0 radical (unpaired) electrons. The van der Waals surface area contributed by atoms with E-state index >= 15 is 0 Å². The summed E-state index contributed by atoms with van der Waals surface area (Å²) in [4.78, 5) is 34.5. The molecule has 0 bridgehead atoms. The second-order valence-corrected chi connectivity index (χ2v) is 12.0. The highest BCUT2D eigenvalue weighted by molar-refractivity contribution is 5.84. The summed E-state index contributed by atoms with van der Waals surface area (Å²) >= 11 is 0. The average molecular weight is 710 g/mol. The van der Waals surface area contributed by atoms with Crippen molar-refractivity contribution < 1.29 is 38.1 Å². The van der Waals surface area contributed by atoms with Gasteiger partial charge in [0.25, 0.3) is 0 Å². The van der Waals surface area contributed by atoms with Gasteiger partial charge in [-0.2, -0.15) is 28.2 Å². The Labute approximate surface area is 290 Å². The van der Waals surface area contributed by atoms with E-state index in [0.717, 1.165) is 5.56 Å². The summed E-state index contributed by atoms with van der Waals surface area (Å²) in [6, 6.07) is 19.7. The van der Waals surface area contributed by atoms with Crippen molar-refractivity contribution in [1.82, 2.24) is 34.6 Å².